The molecule has 6 N–H and O–H groups in total. The number of aliphatic hydroxyl groups excluding tert-OH is 1. The maximum atomic E-state index is 13.9. The number of carbonyl (C=O) groups is 4. The molecule has 0 spiro atoms. The van der Waals surface area contributed by atoms with Crippen LogP contribution in [-0.4, -0.2) is 85.1 Å². The molecule has 0 unspecified atom stereocenters. The highest BCUT2D eigenvalue weighted by Gasteiger charge is 2.34. The molecule has 2 rings (SSSR count). The topological polar surface area (TPSA) is 163 Å². The minimum Gasteiger partial charge on any atom is -0.497 e. The molecule has 1 aliphatic rings. The number of amides is 4. The van der Waals surface area contributed by atoms with Crippen molar-refractivity contribution in [3.63, 3.8) is 0 Å². The number of unbranched alkanes of at least 4 members (excludes halogenated alkanes) is 2. The lowest BCUT2D eigenvalue weighted by Gasteiger charge is -2.34. The van der Waals surface area contributed by atoms with E-state index in [2.05, 4.69) is 29.8 Å². The van der Waals surface area contributed by atoms with Crippen molar-refractivity contribution in [3.05, 3.63) is 29.8 Å². The smallest absolute Gasteiger partial charge is 0.243 e. The van der Waals surface area contributed by atoms with E-state index < -0.39 is 24.2 Å². The van der Waals surface area contributed by atoms with Crippen LogP contribution in [0, 0.1) is 17.8 Å². The zero-order chi connectivity index (χ0) is 37.1. The molecule has 11 nitrogen and oxygen atoms in total. The number of likely N-dealkylation sites (N-methyl/N-ethyl adjacent to an activating group) is 1. The monoisotopic (exact) mass is 702 g/mol. The van der Waals surface area contributed by atoms with Crippen LogP contribution in [-0.2, 0) is 25.6 Å². The molecule has 4 amide bonds. The van der Waals surface area contributed by atoms with Gasteiger partial charge in [-0.05, 0) is 74.0 Å². The molecule has 0 aromatic heterocycles. The van der Waals surface area contributed by atoms with Gasteiger partial charge in [0.2, 0.25) is 23.6 Å². The summed E-state index contributed by atoms with van der Waals surface area (Å²) in [6, 6.07) is 5.14. The fourth-order valence-electron chi connectivity index (χ4n) is 6.62. The number of aliphatic hydroxyl groups is 1. The molecule has 0 saturated heterocycles. The van der Waals surface area contributed by atoms with Crippen molar-refractivity contribution in [2.24, 2.45) is 23.5 Å². The Hall–Kier alpha value is -3.18. The van der Waals surface area contributed by atoms with Gasteiger partial charge in [-0.2, -0.15) is 0 Å². The molecule has 1 fully saturated rings. The second-order valence-corrected chi connectivity index (χ2v) is 15.1. The molecule has 0 radical (unpaired) electrons. The predicted octanol–water partition coefficient (Wildman–Crippen LogP) is 4.48. The van der Waals surface area contributed by atoms with Crippen molar-refractivity contribution in [1.82, 2.24) is 20.9 Å². The first-order valence-corrected chi connectivity index (χ1v) is 19.0. The Labute approximate surface area is 301 Å². The van der Waals surface area contributed by atoms with Gasteiger partial charge in [-0.1, -0.05) is 78.4 Å². The molecule has 284 valence electrons. The standard InChI is InChI=1S/C39H67N5O6/c1-27(2)19-21-42-36(46)18-11-8-12-20-41-37(47)26-35(45)33(25-29-14-9-7-10-15-29)43-38(48)34(22-28(3)4)44(5)39(49)32(40)24-30-16-13-17-31(23-30)50-6/h13,16-17,23,27-29,32-35,45H,7-12,14-15,18-22,24-26,40H2,1-6H3,(H,41,47)(H,42,46)(H,43,48)/t32-,33+,34-,35-/m1/s1. The van der Waals surface area contributed by atoms with Crippen molar-refractivity contribution in [3.8, 4) is 5.75 Å². The van der Waals surface area contributed by atoms with Crippen molar-refractivity contribution in [2.75, 3.05) is 27.2 Å². The number of nitrogens with two attached hydrogens (primary N) is 1. The van der Waals surface area contributed by atoms with E-state index in [9.17, 15) is 24.3 Å². The fourth-order valence-corrected chi connectivity index (χ4v) is 6.62. The summed E-state index contributed by atoms with van der Waals surface area (Å²) in [6.45, 7) is 9.40. The van der Waals surface area contributed by atoms with E-state index in [-0.39, 0.29) is 36.0 Å². The first kappa shape index (κ1) is 43.0. The van der Waals surface area contributed by atoms with Gasteiger partial charge in [0, 0.05) is 26.6 Å². The number of nitrogens with zero attached hydrogens (tertiary/aromatic N) is 1. The number of hydrogen-bond donors (Lipinski definition) is 5. The summed E-state index contributed by atoms with van der Waals surface area (Å²) in [5.74, 6) is 0.776. The third kappa shape index (κ3) is 16.7. The number of ether oxygens (including phenoxy) is 1. The lowest BCUT2D eigenvalue weighted by molar-refractivity contribution is -0.141. The minimum atomic E-state index is -1.08. The highest BCUT2D eigenvalue weighted by Crippen LogP contribution is 2.29. The number of carbonyl (C=O) groups excluding carboxylic acids is 4. The fraction of sp³-hybridized carbons (Fsp3) is 0.744. The van der Waals surface area contributed by atoms with Gasteiger partial charge in [-0.25, -0.2) is 0 Å². The first-order valence-electron chi connectivity index (χ1n) is 19.0. The highest BCUT2D eigenvalue weighted by atomic mass is 16.5. The van der Waals surface area contributed by atoms with Gasteiger partial charge in [0.15, 0.2) is 0 Å². The Morgan fingerprint density at radius 2 is 1.66 bits per heavy atom. The molecule has 0 bridgehead atoms. The number of hydrogen-bond acceptors (Lipinski definition) is 7. The van der Waals surface area contributed by atoms with Crippen LogP contribution in [0.25, 0.3) is 0 Å². The van der Waals surface area contributed by atoms with Gasteiger partial charge in [0.1, 0.15) is 11.8 Å². The van der Waals surface area contributed by atoms with E-state index >= 15 is 0 Å². The summed E-state index contributed by atoms with van der Waals surface area (Å²) in [6.07, 6.45) is 9.26. The number of methoxy groups -OCH3 is 1. The summed E-state index contributed by atoms with van der Waals surface area (Å²) < 4.78 is 5.30. The molecule has 0 heterocycles. The van der Waals surface area contributed by atoms with Crippen molar-refractivity contribution in [2.45, 2.75) is 142 Å². The lowest BCUT2D eigenvalue weighted by atomic mass is 9.83. The van der Waals surface area contributed by atoms with E-state index in [1.807, 2.05) is 38.1 Å². The zero-order valence-electron chi connectivity index (χ0n) is 31.7. The zero-order valence-corrected chi connectivity index (χ0v) is 31.7. The Kier molecular flexibility index (Phi) is 20.1. The quantitative estimate of drug-likeness (QED) is 0.105. The number of rotatable bonds is 23. The Morgan fingerprint density at radius 3 is 2.32 bits per heavy atom. The number of benzene rings is 1. The van der Waals surface area contributed by atoms with Gasteiger partial charge in [0.05, 0.1) is 31.7 Å². The van der Waals surface area contributed by atoms with Crippen LogP contribution in [0.4, 0.5) is 0 Å². The molecule has 50 heavy (non-hydrogen) atoms. The van der Waals surface area contributed by atoms with E-state index in [0.29, 0.717) is 56.4 Å². The van der Waals surface area contributed by atoms with Crippen LogP contribution in [0.3, 0.4) is 0 Å². The van der Waals surface area contributed by atoms with Crippen LogP contribution in [0.5, 0.6) is 5.75 Å². The third-order valence-corrected chi connectivity index (χ3v) is 9.66. The van der Waals surface area contributed by atoms with Crippen LogP contribution < -0.4 is 26.4 Å². The van der Waals surface area contributed by atoms with E-state index in [0.717, 1.165) is 56.9 Å². The maximum absolute atomic E-state index is 13.9. The average molecular weight is 702 g/mol. The van der Waals surface area contributed by atoms with Gasteiger partial charge >= 0.3 is 0 Å². The largest absolute Gasteiger partial charge is 0.497 e. The van der Waals surface area contributed by atoms with Crippen LogP contribution >= 0.6 is 0 Å². The summed E-state index contributed by atoms with van der Waals surface area (Å²) in [5.41, 5.74) is 7.24. The second-order valence-electron chi connectivity index (χ2n) is 15.1. The molecule has 1 aliphatic carbocycles. The maximum Gasteiger partial charge on any atom is 0.243 e. The summed E-state index contributed by atoms with van der Waals surface area (Å²) >= 11 is 0. The summed E-state index contributed by atoms with van der Waals surface area (Å²) in [4.78, 5) is 53.8. The Balaban J connectivity index is 1.99. The Morgan fingerprint density at radius 1 is 0.960 bits per heavy atom. The summed E-state index contributed by atoms with van der Waals surface area (Å²) in [5, 5.41) is 20.3. The molecule has 4 atom stereocenters. The van der Waals surface area contributed by atoms with E-state index in [1.54, 1.807) is 14.2 Å². The highest BCUT2D eigenvalue weighted by molar-refractivity contribution is 5.90. The molecule has 11 heteroatoms. The molecule has 1 saturated carbocycles. The first-order chi connectivity index (χ1) is 23.8. The van der Waals surface area contributed by atoms with Crippen molar-refractivity contribution in [1.29, 1.82) is 0 Å². The van der Waals surface area contributed by atoms with E-state index in [1.165, 1.54) is 11.3 Å². The molecular formula is C39H67N5O6. The van der Waals surface area contributed by atoms with Crippen LogP contribution in [0.1, 0.15) is 117 Å². The SMILES string of the molecule is COc1cccc(C[C@@H](N)C(=O)N(C)[C@H](CC(C)C)C(=O)N[C@@H](CC2CCCCC2)[C@H](O)CC(=O)NCCCCCC(=O)NCCC(C)C)c1. The molecule has 1 aromatic rings. The van der Waals surface area contributed by atoms with Crippen molar-refractivity contribution >= 4 is 23.6 Å². The minimum absolute atomic E-state index is 0.0612. The molecule has 1 aromatic carbocycles. The lowest BCUT2D eigenvalue weighted by Crippen LogP contribution is -2.56. The predicted molar refractivity (Wildman–Crippen MR) is 198 cm³/mol. The van der Waals surface area contributed by atoms with Gasteiger partial charge < -0.3 is 36.4 Å². The average Bonchev–Trinajstić information content (AvgIpc) is 3.07. The van der Waals surface area contributed by atoms with Crippen molar-refractivity contribution < 1.29 is 29.0 Å². The molecular weight excluding hydrogens is 634 g/mol. The normalized spacial score (nSPS) is 16.0. The summed E-state index contributed by atoms with van der Waals surface area (Å²) in [7, 11) is 3.19. The van der Waals surface area contributed by atoms with Gasteiger partial charge in [-0.3, -0.25) is 19.2 Å². The Bertz CT molecular complexity index is 1170. The van der Waals surface area contributed by atoms with E-state index in [4.69, 9.17) is 10.5 Å². The van der Waals surface area contributed by atoms with Gasteiger partial charge in [-0.15, -0.1) is 0 Å². The van der Waals surface area contributed by atoms with Crippen LogP contribution in [0.2, 0.25) is 0 Å². The third-order valence-electron chi connectivity index (χ3n) is 9.66. The van der Waals surface area contributed by atoms with Gasteiger partial charge in [0.25, 0.3) is 0 Å². The van der Waals surface area contributed by atoms with Crippen LogP contribution in [0.15, 0.2) is 24.3 Å². The number of nitrogens with one attached hydrogen (secondary N) is 3. The molecule has 0 aliphatic heterocycles. The second kappa shape index (κ2) is 23.3.